The number of non-ortho nitro benzene ring substituents is 1. The van der Waals surface area contributed by atoms with Crippen LogP contribution in [0.15, 0.2) is 78.9 Å². The molecule has 0 aromatic heterocycles. The fourth-order valence-corrected chi connectivity index (χ4v) is 2.86. The van der Waals surface area contributed by atoms with Gasteiger partial charge >= 0.3 is 5.97 Å². The summed E-state index contributed by atoms with van der Waals surface area (Å²) in [6.07, 6.45) is -1.18. The van der Waals surface area contributed by atoms with Crippen molar-refractivity contribution in [2.45, 2.75) is 6.10 Å². The first-order valence-corrected chi connectivity index (χ1v) is 8.64. The van der Waals surface area contributed by atoms with E-state index in [2.05, 4.69) is 0 Å². The lowest BCUT2D eigenvalue weighted by Gasteiger charge is -2.18. The first kappa shape index (κ1) is 19.3. The van der Waals surface area contributed by atoms with Crippen LogP contribution in [-0.2, 0) is 4.74 Å². The summed E-state index contributed by atoms with van der Waals surface area (Å²) in [6.45, 7) is 0. The molecule has 0 fully saturated rings. The number of nitrogens with zero attached hydrogens (tertiary/aromatic N) is 1. The van der Waals surface area contributed by atoms with Gasteiger partial charge in [0, 0.05) is 23.3 Å². The van der Waals surface area contributed by atoms with Gasteiger partial charge in [0.1, 0.15) is 0 Å². The van der Waals surface area contributed by atoms with Crippen molar-refractivity contribution >= 4 is 29.0 Å². The van der Waals surface area contributed by atoms with Crippen molar-refractivity contribution in [3.05, 3.63) is 111 Å². The van der Waals surface area contributed by atoms with Crippen LogP contribution in [0.5, 0.6) is 0 Å². The van der Waals surface area contributed by atoms with Gasteiger partial charge in [0.2, 0.25) is 5.78 Å². The molecule has 0 radical (unpaired) electrons. The summed E-state index contributed by atoms with van der Waals surface area (Å²) < 4.78 is 5.48. The van der Waals surface area contributed by atoms with Crippen molar-refractivity contribution in [2.75, 3.05) is 0 Å². The number of nitro benzene ring substituents is 1. The smallest absolute Gasteiger partial charge is 0.340 e. The van der Waals surface area contributed by atoms with Gasteiger partial charge in [0.05, 0.1) is 15.5 Å². The third kappa shape index (κ3) is 4.24. The second-order valence-electron chi connectivity index (χ2n) is 5.85. The van der Waals surface area contributed by atoms with Gasteiger partial charge in [-0.3, -0.25) is 14.9 Å². The Labute approximate surface area is 165 Å². The number of Topliss-reactive ketones (excluding diaryl/α,β-unsaturated/α-hetero) is 1. The fourth-order valence-electron chi connectivity index (χ4n) is 2.61. The van der Waals surface area contributed by atoms with E-state index < -0.39 is 22.8 Å². The first-order chi connectivity index (χ1) is 13.5. The van der Waals surface area contributed by atoms with Gasteiger partial charge in [0.25, 0.3) is 5.69 Å². The summed E-state index contributed by atoms with van der Waals surface area (Å²) >= 11 is 6.00. The van der Waals surface area contributed by atoms with Gasteiger partial charge in [-0.2, -0.15) is 0 Å². The lowest BCUT2D eigenvalue weighted by Crippen LogP contribution is -2.20. The van der Waals surface area contributed by atoms with Gasteiger partial charge in [-0.15, -0.1) is 0 Å². The van der Waals surface area contributed by atoms with Gasteiger partial charge < -0.3 is 4.74 Å². The monoisotopic (exact) mass is 395 g/mol. The van der Waals surface area contributed by atoms with Crippen molar-refractivity contribution in [3.63, 3.8) is 0 Å². The van der Waals surface area contributed by atoms with E-state index in [1.165, 1.54) is 6.07 Å². The Morgan fingerprint density at radius 2 is 1.54 bits per heavy atom. The molecule has 28 heavy (non-hydrogen) atoms. The summed E-state index contributed by atoms with van der Waals surface area (Å²) in [5, 5.41) is 10.7. The number of hydrogen-bond acceptors (Lipinski definition) is 5. The van der Waals surface area contributed by atoms with E-state index in [1.807, 2.05) is 0 Å². The highest BCUT2D eigenvalue weighted by atomic mass is 35.5. The molecule has 6 nitrogen and oxygen atoms in total. The second-order valence-corrected chi connectivity index (χ2v) is 6.25. The molecule has 0 N–H and O–H groups in total. The minimum Gasteiger partial charge on any atom is -0.445 e. The number of hydrogen-bond donors (Lipinski definition) is 0. The van der Waals surface area contributed by atoms with Crippen molar-refractivity contribution in [1.29, 1.82) is 0 Å². The highest BCUT2D eigenvalue weighted by Crippen LogP contribution is 2.27. The zero-order valence-electron chi connectivity index (χ0n) is 14.4. The SMILES string of the molecule is O=C(OC(C(=O)c1ccccc1)c1ccccc1)c1ccc([N+](=O)[O-])cc1Cl. The topological polar surface area (TPSA) is 86.5 Å². The predicted molar refractivity (Wildman–Crippen MR) is 103 cm³/mol. The van der Waals surface area contributed by atoms with Crippen LogP contribution in [0.4, 0.5) is 5.69 Å². The molecule has 0 aliphatic heterocycles. The number of benzene rings is 3. The largest absolute Gasteiger partial charge is 0.445 e. The third-order valence-corrected chi connectivity index (χ3v) is 4.32. The maximum Gasteiger partial charge on any atom is 0.340 e. The molecule has 0 spiro atoms. The number of ketones is 1. The van der Waals surface area contributed by atoms with Crippen LogP contribution in [0.25, 0.3) is 0 Å². The summed E-state index contributed by atoms with van der Waals surface area (Å²) in [4.78, 5) is 35.8. The van der Waals surface area contributed by atoms with E-state index in [0.717, 1.165) is 12.1 Å². The minimum atomic E-state index is -1.18. The number of ether oxygens (including phenoxy) is 1. The van der Waals surface area contributed by atoms with Gasteiger partial charge in [0.15, 0.2) is 6.10 Å². The molecule has 0 heterocycles. The summed E-state index contributed by atoms with van der Waals surface area (Å²) in [6, 6.07) is 20.5. The van der Waals surface area contributed by atoms with Crippen LogP contribution in [0.3, 0.4) is 0 Å². The number of rotatable bonds is 6. The quantitative estimate of drug-likeness (QED) is 0.253. The Hall–Kier alpha value is -3.51. The van der Waals surface area contributed by atoms with Crippen molar-refractivity contribution in [3.8, 4) is 0 Å². The number of carbonyl (C=O) groups excluding carboxylic acids is 2. The zero-order valence-corrected chi connectivity index (χ0v) is 15.2. The maximum absolute atomic E-state index is 12.9. The lowest BCUT2D eigenvalue weighted by molar-refractivity contribution is -0.384. The van der Waals surface area contributed by atoms with E-state index in [1.54, 1.807) is 60.7 Å². The molecule has 0 aliphatic carbocycles. The predicted octanol–water partition coefficient (Wildman–Crippen LogP) is 5.03. The molecule has 3 aromatic rings. The summed E-state index contributed by atoms with van der Waals surface area (Å²) in [5.74, 6) is -1.24. The zero-order chi connectivity index (χ0) is 20.1. The Kier molecular flexibility index (Phi) is 5.81. The summed E-state index contributed by atoms with van der Waals surface area (Å²) in [5.41, 5.74) is 0.581. The number of nitro groups is 1. The van der Waals surface area contributed by atoms with Gasteiger partial charge in [-0.25, -0.2) is 4.79 Å². The standard InChI is InChI=1S/C21H14ClNO5/c22-18-13-16(23(26)27)11-12-17(18)21(25)28-20(15-9-5-2-6-10-15)19(24)14-7-3-1-4-8-14/h1-13,20H. The second kappa shape index (κ2) is 8.45. The Morgan fingerprint density at radius 1 is 0.929 bits per heavy atom. The molecule has 0 aliphatic rings. The molecule has 0 saturated heterocycles. The van der Waals surface area contributed by atoms with Crippen LogP contribution in [0.1, 0.15) is 32.4 Å². The van der Waals surface area contributed by atoms with Crippen LogP contribution in [-0.4, -0.2) is 16.7 Å². The molecule has 7 heteroatoms. The molecule has 1 unspecified atom stereocenters. The lowest BCUT2D eigenvalue weighted by atomic mass is 10.00. The molecule has 140 valence electrons. The minimum absolute atomic E-state index is 0.0611. The number of carbonyl (C=O) groups is 2. The molecular formula is C21H14ClNO5. The van der Waals surface area contributed by atoms with Gasteiger partial charge in [-0.05, 0) is 6.07 Å². The van der Waals surface area contributed by atoms with Crippen LogP contribution >= 0.6 is 11.6 Å². The van der Waals surface area contributed by atoms with E-state index >= 15 is 0 Å². The van der Waals surface area contributed by atoms with Crippen LogP contribution < -0.4 is 0 Å². The molecular weight excluding hydrogens is 382 g/mol. The number of halogens is 1. The average Bonchev–Trinajstić information content (AvgIpc) is 2.72. The van der Waals surface area contributed by atoms with Gasteiger partial charge in [-0.1, -0.05) is 72.3 Å². The normalized spacial score (nSPS) is 11.5. The number of esters is 1. The van der Waals surface area contributed by atoms with E-state index in [-0.39, 0.29) is 16.3 Å². The third-order valence-electron chi connectivity index (χ3n) is 4.01. The van der Waals surface area contributed by atoms with Crippen LogP contribution in [0, 0.1) is 10.1 Å². The highest BCUT2D eigenvalue weighted by molar-refractivity contribution is 6.33. The van der Waals surface area contributed by atoms with Crippen LogP contribution in [0.2, 0.25) is 5.02 Å². The van der Waals surface area contributed by atoms with Crippen molar-refractivity contribution in [2.24, 2.45) is 0 Å². The molecule has 1 atom stereocenters. The molecule has 3 aromatic carbocycles. The Morgan fingerprint density at radius 3 is 2.11 bits per heavy atom. The van der Waals surface area contributed by atoms with E-state index in [9.17, 15) is 19.7 Å². The van der Waals surface area contributed by atoms with Crippen molar-refractivity contribution < 1.29 is 19.2 Å². The maximum atomic E-state index is 12.9. The van der Waals surface area contributed by atoms with Crippen molar-refractivity contribution in [1.82, 2.24) is 0 Å². The van der Waals surface area contributed by atoms with E-state index in [4.69, 9.17) is 16.3 Å². The Balaban J connectivity index is 1.93. The summed E-state index contributed by atoms with van der Waals surface area (Å²) in [7, 11) is 0. The molecule has 0 bridgehead atoms. The molecule has 0 amide bonds. The van der Waals surface area contributed by atoms with E-state index in [0.29, 0.717) is 11.1 Å². The Bertz CT molecular complexity index is 1020. The fraction of sp³-hybridized carbons (Fsp3) is 0.0476. The molecule has 3 rings (SSSR count). The molecule has 0 saturated carbocycles. The first-order valence-electron chi connectivity index (χ1n) is 8.26. The average molecular weight is 396 g/mol. The highest BCUT2D eigenvalue weighted by Gasteiger charge is 2.27.